The zero-order valence-corrected chi connectivity index (χ0v) is 7.30. The summed E-state index contributed by atoms with van der Waals surface area (Å²) in [5.74, 6) is 0. The van der Waals surface area contributed by atoms with Crippen LogP contribution in [0.15, 0.2) is 36.9 Å². The number of benzene rings is 1. The highest BCUT2D eigenvalue weighted by Crippen LogP contribution is 2.31. The van der Waals surface area contributed by atoms with E-state index in [1.165, 1.54) is 11.1 Å². The van der Waals surface area contributed by atoms with Crippen LogP contribution in [0.5, 0.6) is 0 Å². The monoisotopic (exact) mass is 159 g/mol. The highest BCUT2D eigenvalue weighted by molar-refractivity contribution is 5.37. The number of aryl methyl sites for hydroxylation is 1. The summed E-state index contributed by atoms with van der Waals surface area (Å²) >= 11 is 0. The van der Waals surface area contributed by atoms with E-state index in [0.29, 0.717) is 0 Å². The Morgan fingerprint density at radius 1 is 1.42 bits per heavy atom. The Kier molecular flexibility index (Phi) is 1.55. The van der Waals surface area contributed by atoms with Crippen molar-refractivity contribution in [2.45, 2.75) is 12.5 Å². The quantitative estimate of drug-likeness (QED) is 0.517. The first-order chi connectivity index (χ1) is 5.77. The second kappa shape index (κ2) is 2.46. The average molecular weight is 159 g/mol. The van der Waals surface area contributed by atoms with Gasteiger partial charge in [0, 0.05) is 6.54 Å². The second-order valence-corrected chi connectivity index (χ2v) is 3.40. The van der Waals surface area contributed by atoms with Crippen LogP contribution in [0.3, 0.4) is 0 Å². The van der Waals surface area contributed by atoms with E-state index in [1.54, 1.807) is 0 Å². The van der Waals surface area contributed by atoms with E-state index >= 15 is 0 Å². The van der Waals surface area contributed by atoms with Gasteiger partial charge in [-0.3, -0.25) is 0 Å². The van der Waals surface area contributed by atoms with Gasteiger partial charge in [0.2, 0.25) is 0 Å². The van der Waals surface area contributed by atoms with Gasteiger partial charge in [0.05, 0.1) is 5.54 Å². The van der Waals surface area contributed by atoms with Gasteiger partial charge >= 0.3 is 0 Å². The molecule has 1 saturated heterocycles. The molecular weight excluding hydrogens is 146 g/mol. The summed E-state index contributed by atoms with van der Waals surface area (Å²) < 4.78 is 0. The van der Waals surface area contributed by atoms with Crippen LogP contribution in [-0.2, 0) is 5.54 Å². The SMILES string of the molecule is C=CC1(c2ccc(C)cc2)CN1. The molecule has 1 aliphatic rings. The molecule has 1 heterocycles. The molecule has 1 unspecified atom stereocenters. The van der Waals surface area contributed by atoms with E-state index in [0.717, 1.165) is 6.54 Å². The van der Waals surface area contributed by atoms with Crippen molar-refractivity contribution in [3.8, 4) is 0 Å². The number of nitrogens with one attached hydrogen (secondary N) is 1. The van der Waals surface area contributed by atoms with Crippen molar-refractivity contribution in [2.24, 2.45) is 0 Å². The van der Waals surface area contributed by atoms with E-state index in [4.69, 9.17) is 0 Å². The number of rotatable bonds is 2. The lowest BCUT2D eigenvalue weighted by atomic mass is 9.98. The summed E-state index contributed by atoms with van der Waals surface area (Å²) in [7, 11) is 0. The third-order valence-electron chi connectivity index (χ3n) is 2.47. The second-order valence-electron chi connectivity index (χ2n) is 3.40. The van der Waals surface area contributed by atoms with Crippen molar-refractivity contribution >= 4 is 0 Å². The van der Waals surface area contributed by atoms with Crippen LogP contribution in [0, 0.1) is 6.92 Å². The maximum atomic E-state index is 3.83. The van der Waals surface area contributed by atoms with Crippen molar-refractivity contribution in [3.05, 3.63) is 48.0 Å². The lowest BCUT2D eigenvalue weighted by Gasteiger charge is -2.07. The molecule has 0 saturated carbocycles. The van der Waals surface area contributed by atoms with Crippen molar-refractivity contribution in [2.75, 3.05) is 6.54 Å². The number of hydrogen-bond donors (Lipinski definition) is 1. The lowest BCUT2D eigenvalue weighted by molar-refractivity contribution is 0.863. The Bertz CT molecular complexity index is 293. The topological polar surface area (TPSA) is 21.9 Å². The van der Waals surface area contributed by atoms with E-state index in [1.807, 2.05) is 6.08 Å². The lowest BCUT2D eigenvalue weighted by Crippen LogP contribution is -2.07. The molecule has 12 heavy (non-hydrogen) atoms. The van der Waals surface area contributed by atoms with E-state index in [2.05, 4.69) is 43.1 Å². The van der Waals surface area contributed by atoms with Gasteiger partial charge in [0.25, 0.3) is 0 Å². The van der Waals surface area contributed by atoms with Gasteiger partial charge in [-0.15, -0.1) is 6.58 Å². The highest BCUT2D eigenvalue weighted by atomic mass is 15.2. The van der Waals surface area contributed by atoms with Gasteiger partial charge in [0.1, 0.15) is 0 Å². The molecule has 1 atom stereocenters. The van der Waals surface area contributed by atoms with E-state index < -0.39 is 0 Å². The fourth-order valence-corrected chi connectivity index (χ4v) is 1.41. The molecule has 0 bridgehead atoms. The Labute approximate surface area is 73.1 Å². The molecule has 0 aliphatic carbocycles. The Balaban J connectivity index is 2.35. The molecule has 1 heteroatoms. The largest absolute Gasteiger partial charge is 0.301 e. The molecule has 1 aromatic carbocycles. The average Bonchev–Trinajstić information content (AvgIpc) is 2.86. The summed E-state index contributed by atoms with van der Waals surface area (Å²) in [5, 5.41) is 3.32. The summed E-state index contributed by atoms with van der Waals surface area (Å²) in [5.41, 5.74) is 2.72. The molecule has 1 N–H and O–H groups in total. The minimum absolute atomic E-state index is 0.0910. The van der Waals surface area contributed by atoms with Gasteiger partial charge in [-0.05, 0) is 12.5 Å². The molecule has 1 fully saturated rings. The maximum Gasteiger partial charge on any atom is 0.0745 e. The zero-order valence-electron chi connectivity index (χ0n) is 7.30. The third-order valence-corrected chi connectivity index (χ3v) is 2.47. The summed E-state index contributed by atoms with van der Waals surface area (Å²) in [4.78, 5) is 0. The summed E-state index contributed by atoms with van der Waals surface area (Å²) in [6.07, 6.45) is 1.98. The molecule has 0 radical (unpaired) electrons. The molecule has 0 aromatic heterocycles. The Hall–Kier alpha value is -1.08. The minimum atomic E-state index is 0.0910. The first kappa shape index (κ1) is 7.56. The molecule has 0 amide bonds. The van der Waals surface area contributed by atoms with Crippen LogP contribution in [0.1, 0.15) is 11.1 Å². The standard InChI is InChI=1S/C11H13N/c1-3-11(8-12-11)10-6-4-9(2)5-7-10/h3-7,12H,1,8H2,2H3. The molecule has 2 rings (SSSR count). The third kappa shape index (κ3) is 1.07. The van der Waals surface area contributed by atoms with Crippen LogP contribution in [0.25, 0.3) is 0 Å². The molecule has 62 valence electrons. The van der Waals surface area contributed by atoms with Crippen LogP contribution in [0.4, 0.5) is 0 Å². The molecule has 0 spiro atoms. The van der Waals surface area contributed by atoms with Crippen LogP contribution in [-0.4, -0.2) is 6.54 Å². The Morgan fingerprint density at radius 2 is 2.00 bits per heavy atom. The first-order valence-electron chi connectivity index (χ1n) is 4.23. The van der Waals surface area contributed by atoms with Gasteiger partial charge in [0.15, 0.2) is 0 Å². The number of hydrogen-bond acceptors (Lipinski definition) is 1. The highest BCUT2D eigenvalue weighted by Gasteiger charge is 2.40. The fourth-order valence-electron chi connectivity index (χ4n) is 1.41. The van der Waals surface area contributed by atoms with Crippen molar-refractivity contribution in [1.29, 1.82) is 0 Å². The Morgan fingerprint density at radius 3 is 2.42 bits per heavy atom. The first-order valence-corrected chi connectivity index (χ1v) is 4.23. The molecule has 1 aliphatic heterocycles. The van der Waals surface area contributed by atoms with Crippen molar-refractivity contribution in [3.63, 3.8) is 0 Å². The van der Waals surface area contributed by atoms with Crippen LogP contribution in [0.2, 0.25) is 0 Å². The normalized spacial score (nSPS) is 26.8. The molecular formula is C11H13N. The van der Waals surface area contributed by atoms with E-state index in [-0.39, 0.29) is 5.54 Å². The van der Waals surface area contributed by atoms with Gasteiger partial charge in [-0.25, -0.2) is 0 Å². The smallest absolute Gasteiger partial charge is 0.0745 e. The van der Waals surface area contributed by atoms with Crippen LogP contribution < -0.4 is 5.32 Å². The fraction of sp³-hybridized carbons (Fsp3) is 0.273. The van der Waals surface area contributed by atoms with Crippen molar-refractivity contribution < 1.29 is 0 Å². The predicted molar refractivity (Wildman–Crippen MR) is 51.1 cm³/mol. The molecule has 1 aromatic rings. The zero-order chi connectivity index (χ0) is 8.60. The van der Waals surface area contributed by atoms with Crippen LogP contribution >= 0.6 is 0 Å². The maximum absolute atomic E-state index is 3.83. The summed E-state index contributed by atoms with van der Waals surface area (Å²) in [6.45, 7) is 6.96. The van der Waals surface area contributed by atoms with Gasteiger partial charge < -0.3 is 5.32 Å². The minimum Gasteiger partial charge on any atom is -0.301 e. The summed E-state index contributed by atoms with van der Waals surface area (Å²) in [6, 6.07) is 8.61. The van der Waals surface area contributed by atoms with Gasteiger partial charge in [-0.1, -0.05) is 35.9 Å². The van der Waals surface area contributed by atoms with Gasteiger partial charge in [-0.2, -0.15) is 0 Å². The predicted octanol–water partition coefficient (Wildman–Crippen LogP) is 1.98. The van der Waals surface area contributed by atoms with Crippen molar-refractivity contribution in [1.82, 2.24) is 5.32 Å². The molecule has 1 nitrogen and oxygen atoms in total. The van der Waals surface area contributed by atoms with E-state index in [9.17, 15) is 0 Å².